The molecule has 0 saturated carbocycles. The molecule has 116 valence electrons. The molecule has 1 amide bonds. The van der Waals surface area contributed by atoms with Crippen LogP contribution in [0.4, 0.5) is 0 Å². The number of carbonyl (C=O) groups is 1. The molecule has 2 heterocycles. The van der Waals surface area contributed by atoms with E-state index in [9.17, 15) is 4.79 Å². The van der Waals surface area contributed by atoms with Crippen molar-refractivity contribution in [1.29, 1.82) is 0 Å². The number of para-hydroxylation sites is 1. The van der Waals surface area contributed by atoms with Crippen molar-refractivity contribution < 1.29 is 4.79 Å². The number of thiocarbonyl (C=S) groups is 1. The number of pyridine rings is 1. The average Bonchev–Trinajstić information content (AvgIpc) is 3.11. The number of hydrazine groups is 1. The first-order valence-corrected chi connectivity index (χ1v) is 8.23. The Morgan fingerprint density at radius 3 is 2.78 bits per heavy atom. The van der Waals surface area contributed by atoms with Crippen LogP contribution >= 0.6 is 23.6 Å². The van der Waals surface area contributed by atoms with E-state index in [1.807, 2.05) is 47.8 Å². The molecule has 3 N–H and O–H groups in total. The predicted octanol–water partition coefficient (Wildman–Crippen LogP) is 2.61. The van der Waals surface area contributed by atoms with E-state index in [1.54, 1.807) is 17.4 Å². The van der Waals surface area contributed by atoms with Crippen LogP contribution in [0.1, 0.15) is 15.4 Å². The number of carbonyl (C=O) groups excluding carboxylic acids is 1. The Kier molecular flexibility index (Phi) is 4.80. The van der Waals surface area contributed by atoms with Crippen LogP contribution in [0.2, 0.25) is 0 Å². The van der Waals surface area contributed by atoms with Gasteiger partial charge >= 0.3 is 0 Å². The van der Waals surface area contributed by atoms with Crippen LogP contribution in [-0.2, 0) is 6.54 Å². The minimum atomic E-state index is -0.337. The van der Waals surface area contributed by atoms with Gasteiger partial charge in [-0.05, 0) is 35.8 Å². The van der Waals surface area contributed by atoms with Crippen LogP contribution in [0, 0.1) is 0 Å². The predicted molar refractivity (Wildman–Crippen MR) is 96.1 cm³/mol. The zero-order chi connectivity index (χ0) is 16.1. The third-order valence-corrected chi connectivity index (χ3v) is 4.25. The molecule has 2 aromatic heterocycles. The molecule has 0 fully saturated rings. The molecule has 1 aromatic carbocycles. The summed E-state index contributed by atoms with van der Waals surface area (Å²) in [6.07, 6.45) is 0. The first-order chi connectivity index (χ1) is 11.2. The van der Waals surface area contributed by atoms with E-state index in [0.717, 1.165) is 15.8 Å². The van der Waals surface area contributed by atoms with Gasteiger partial charge in [0.1, 0.15) is 5.69 Å². The second-order valence-corrected chi connectivity index (χ2v) is 6.17. The molecule has 0 saturated heterocycles. The maximum atomic E-state index is 12.1. The molecule has 7 heteroatoms. The average molecular weight is 342 g/mol. The number of hydrogen-bond donors (Lipinski definition) is 3. The number of fused-ring (bicyclic) bond motifs is 1. The quantitative estimate of drug-likeness (QED) is 0.504. The SMILES string of the molecule is O=C(NNC(=S)NCc1cccs1)c1ccc2ccccc2n1. The number of nitrogens with zero attached hydrogens (tertiary/aromatic N) is 1. The van der Waals surface area contributed by atoms with E-state index >= 15 is 0 Å². The molecule has 0 aliphatic rings. The minimum absolute atomic E-state index is 0.331. The molecule has 23 heavy (non-hydrogen) atoms. The minimum Gasteiger partial charge on any atom is -0.356 e. The molecule has 5 nitrogen and oxygen atoms in total. The Labute approximate surface area is 142 Å². The molecule has 0 aliphatic heterocycles. The van der Waals surface area contributed by atoms with Crippen molar-refractivity contribution in [2.24, 2.45) is 0 Å². The van der Waals surface area contributed by atoms with Crippen LogP contribution < -0.4 is 16.2 Å². The number of aromatic nitrogens is 1. The standard InChI is InChI=1S/C16H14N4OS2/c21-15(14-8-7-11-4-1-2-6-13(11)18-14)19-20-16(22)17-10-12-5-3-9-23-12/h1-9H,10H2,(H,19,21)(H2,17,20,22). The van der Waals surface area contributed by atoms with E-state index in [0.29, 0.717) is 17.4 Å². The summed E-state index contributed by atoms with van der Waals surface area (Å²) in [5.41, 5.74) is 6.33. The lowest BCUT2D eigenvalue weighted by molar-refractivity contribution is 0.0939. The fourth-order valence-corrected chi connectivity index (χ4v) is 2.76. The van der Waals surface area contributed by atoms with Crippen LogP contribution in [0.25, 0.3) is 10.9 Å². The van der Waals surface area contributed by atoms with E-state index in [2.05, 4.69) is 21.2 Å². The van der Waals surface area contributed by atoms with E-state index in [4.69, 9.17) is 12.2 Å². The van der Waals surface area contributed by atoms with Crippen LogP contribution in [0.5, 0.6) is 0 Å². The van der Waals surface area contributed by atoms with E-state index < -0.39 is 0 Å². The van der Waals surface area contributed by atoms with Gasteiger partial charge in [-0.2, -0.15) is 0 Å². The van der Waals surface area contributed by atoms with Gasteiger partial charge in [0.25, 0.3) is 5.91 Å². The highest BCUT2D eigenvalue weighted by atomic mass is 32.1. The number of rotatable bonds is 3. The van der Waals surface area contributed by atoms with Gasteiger partial charge in [-0.3, -0.25) is 15.6 Å². The van der Waals surface area contributed by atoms with Gasteiger partial charge in [-0.15, -0.1) is 11.3 Å². The topological polar surface area (TPSA) is 66.1 Å². The lowest BCUT2D eigenvalue weighted by Crippen LogP contribution is -2.46. The summed E-state index contributed by atoms with van der Waals surface area (Å²) >= 11 is 6.76. The van der Waals surface area contributed by atoms with Crippen molar-refractivity contribution in [2.45, 2.75) is 6.54 Å². The summed E-state index contributed by atoms with van der Waals surface area (Å²) in [6, 6.07) is 15.2. The molecular weight excluding hydrogens is 328 g/mol. The normalized spacial score (nSPS) is 10.3. The van der Waals surface area contributed by atoms with Crippen molar-refractivity contribution in [3.63, 3.8) is 0 Å². The molecule has 3 aromatic rings. The zero-order valence-corrected chi connectivity index (χ0v) is 13.7. The van der Waals surface area contributed by atoms with Crippen molar-refractivity contribution in [3.05, 3.63) is 64.5 Å². The molecule has 0 bridgehead atoms. The lowest BCUT2D eigenvalue weighted by atomic mass is 10.2. The molecular formula is C16H14N4OS2. The maximum Gasteiger partial charge on any atom is 0.288 e. The Balaban J connectivity index is 1.54. The van der Waals surface area contributed by atoms with Gasteiger partial charge in [-0.1, -0.05) is 30.3 Å². The van der Waals surface area contributed by atoms with Crippen molar-refractivity contribution in [1.82, 2.24) is 21.2 Å². The monoisotopic (exact) mass is 342 g/mol. The van der Waals surface area contributed by atoms with Crippen LogP contribution in [0.3, 0.4) is 0 Å². The van der Waals surface area contributed by atoms with Crippen molar-refractivity contribution in [2.75, 3.05) is 0 Å². The Morgan fingerprint density at radius 1 is 1.09 bits per heavy atom. The summed E-state index contributed by atoms with van der Waals surface area (Å²) in [7, 11) is 0. The van der Waals surface area contributed by atoms with E-state index in [-0.39, 0.29) is 5.91 Å². The first kappa shape index (κ1) is 15.4. The fraction of sp³-hybridized carbons (Fsp3) is 0.0625. The molecule has 0 aliphatic carbocycles. The second kappa shape index (κ2) is 7.17. The largest absolute Gasteiger partial charge is 0.356 e. The molecule has 3 rings (SSSR count). The highest BCUT2D eigenvalue weighted by Gasteiger charge is 2.08. The van der Waals surface area contributed by atoms with Gasteiger partial charge in [0.2, 0.25) is 0 Å². The number of nitrogens with one attached hydrogen (secondary N) is 3. The molecule has 0 spiro atoms. The van der Waals surface area contributed by atoms with Gasteiger partial charge in [-0.25, -0.2) is 4.98 Å². The smallest absolute Gasteiger partial charge is 0.288 e. The summed E-state index contributed by atoms with van der Waals surface area (Å²) in [6.45, 7) is 0.619. The number of hydrogen-bond acceptors (Lipinski definition) is 4. The highest BCUT2D eigenvalue weighted by molar-refractivity contribution is 7.80. The van der Waals surface area contributed by atoms with Crippen molar-refractivity contribution in [3.8, 4) is 0 Å². The van der Waals surface area contributed by atoms with Gasteiger partial charge in [0, 0.05) is 10.3 Å². The summed E-state index contributed by atoms with van der Waals surface area (Å²) < 4.78 is 0. The second-order valence-electron chi connectivity index (χ2n) is 4.73. The van der Waals surface area contributed by atoms with E-state index in [1.165, 1.54) is 0 Å². The van der Waals surface area contributed by atoms with Gasteiger partial charge in [0.15, 0.2) is 5.11 Å². The highest BCUT2D eigenvalue weighted by Crippen LogP contribution is 2.11. The molecule has 0 atom stereocenters. The summed E-state index contributed by atoms with van der Waals surface area (Å²) in [4.78, 5) is 17.6. The van der Waals surface area contributed by atoms with Gasteiger partial charge in [0.05, 0.1) is 12.1 Å². The maximum absolute atomic E-state index is 12.1. The number of amides is 1. The molecule has 0 unspecified atom stereocenters. The van der Waals surface area contributed by atoms with Crippen LogP contribution in [0.15, 0.2) is 53.9 Å². The Hall–Kier alpha value is -2.51. The van der Waals surface area contributed by atoms with Gasteiger partial charge < -0.3 is 5.32 Å². The third-order valence-electron chi connectivity index (χ3n) is 3.12. The fourth-order valence-electron chi connectivity index (χ4n) is 1.99. The summed E-state index contributed by atoms with van der Waals surface area (Å²) in [5.74, 6) is -0.337. The molecule has 0 radical (unpaired) electrons. The number of benzene rings is 1. The number of thiophene rings is 1. The third kappa shape index (κ3) is 4.02. The lowest BCUT2D eigenvalue weighted by Gasteiger charge is -2.11. The zero-order valence-electron chi connectivity index (χ0n) is 12.1. The first-order valence-electron chi connectivity index (χ1n) is 6.95. The Bertz CT molecular complexity index is 833. The Morgan fingerprint density at radius 2 is 1.96 bits per heavy atom. The van der Waals surface area contributed by atoms with Crippen LogP contribution in [-0.4, -0.2) is 16.0 Å². The van der Waals surface area contributed by atoms with Crippen molar-refractivity contribution >= 4 is 45.5 Å². The summed E-state index contributed by atoms with van der Waals surface area (Å²) in [5, 5.41) is 6.36.